The van der Waals surface area contributed by atoms with Crippen molar-refractivity contribution in [1.29, 1.82) is 0 Å². The van der Waals surface area contributed by atoms with Gasteiger partial charge in [-0.1, -0.05) is 24.3 Å². The van der Waals surface area contributed by atoms with Crippen LogP contribution in [0.15, 0.2) is 35.7 Å². The first-order valence-electron chi connectivity index (χ1n) is 6.92. The molecule has 1 nitrogen and oxygen atoms in total. The second-order valence-corrected chi connectivity index (χ2v) is 6.45. The molecule has 1 aromatic carbocycles. The summed E-state index contributed by atoms with van der Waals surface area (Å²) in [6.45, 7) is 8.85. The van der Waals surface area contributed by atoms with Gasteiger partial charge in [0, 0.05) is 17.0 Å². The summed E-state index contributed by atoms with van der Waals surface area (Å²) in [7, 11) is 0. The van der Waals surface area contributed by atoms with Gasteiger partial charge in [-0.2, -0.15) is 0 Å². The molecule has 0 aliphatic carbocycles. The van der Waals surface area contributed by atoms with Gasteiger partial charge in [-0.3, -0.25) is 0 Å². The molecule has 2 atom stereocenters. The Kier molecular flexibility index (Phi) is 4.78. The Balaban J connectivity index is 1.96. The number of nitrogens with one attached hydrogen (secondary N) is 1. The van der Waals surface area contributed by atoms with Crippen molar-refractivity contribution in [3.63, 3.8) is 0 Å². The van der Waals surface area contributed by atoms with Crippen LogP contribution in [0.5, 0.6) is 0 Å². The van der Waals surface area contributed by atoms with E-state index in [-0.39, 0.29) is 0 Å². The van der Waals surface area contributed by atoms with Crippen LogP contribution < -0.4 is 5.32 Å². The monoisotopic (exact) mass is 273 g/mol. The van der Waals surface area contributed by atoms with Gasteiger partial charge in [0.2, 0.25) is 0 Å². The van der Waals surface area contributed by atoms with Crippen LogP contribution in [0.2, 0.25) is 0 Å². The Morgan fingerprint density at radius 2 is 1.89 bits per heavy atom. The molecule has 0 aliphatic rings. The standard InChI is InChI=1S/C17H23NS/c1-12-7-8-16(10-13(12)2)15(4)18-14(3)11-17-6-5-9-19-17/h5-10,14-15,18H,11H2,1-4H3. The van der Waals surface area contributed by atoms with E-state index in [0.717, 1.165) is 6.42 Å². The van der Waals surface area contributed by atoms with Gasteiger partial charge < -0.3 is 5.32 Å². The van der Waals surface area contributed by atoms with Gasteiger partial charge in [-0.15, -0.1) is 11.3 Å². The van der Waals surface area contributed by atoms with Gasteiger partial charge in [0.25, 0.3) is 0 Å². The third-order valence-electron chi connectivity index (χ3n) is 3.65. The van der Waals surface area contributed by atoms with E-state index in [1.807, 2.05) is 11.3 Å². The minimum Gasteiger partial charge on any atom is -0.307 e. The van der Waals surface area contributed by atoms with E-state index in [2.05, 4.69) is 68.7 Å². The predicted octanol–water partition coefficient (Wildman–Crippen LogP) is 4.65. The van der Waals surface area contributed by atoms with Crippen molar-refractivity contribution in [1.82, 2.24) is 5.32 Å². The molecule has 0 radical (unpaired) electrons. The summed E-state index contributed by atoms with van der Waals surface area (Å²) in [5.41, 5.74) is 4.11. The smallest absolute Gasteiger partial charge is 0.0294 e. The van der Waals surface area contributed by atoms with Gasteiger partial charge in [-0.05, 0) is 62.3 Å². The van der Waals surface area contributed by atoms with E-state index in [4.69, 9.17) is 0 Å². The highest BCUT2D eigenvalue weighted by molar-refractivity contribution is 7.09. The number of hydrogen-bond donors (Lipinski definition) is 1. The maximum Gasteiger partial charge on any atom is 0.0294 e. The molecule has 0 bridgehead atoms. The van der Waals surface area contributed by atoms with Crippen LogP contribution in [0, 0.1) is 13.8 Å². The van der Waals surface area contributed by atoms with Gasteiger partial charge >= 0.3 is 0 Å². The Morgan fingerprint density at radius 3 is 2.53 bits per heavy atom. The third kappa shape index (κ3) is 3.92. The van der Waals surface area contributed by atoms with Crippen LogP contribution in [0.25, 0.3) is 0 Å². The third-order valence-corrected chi connectivity index (χ3v) is 4.55. The van der Waals surface area contributed by atoms with E-state index in [9.17, 15) is 0 Å². The predicted molar refractivity (Wildman–Crippen MR) is 85.0 cm³/mol. The lowest BCUT2D eigenvalue weighted by molar-refractivity contribution is 0.479. The van der Waals surface area contributed by atoms with Crippen LogP contribution in [0.4, 0.5) is 0 Å². The van der Waals surface area contributed by atoms with Crippen molar-refractivity contribution >= 4 is 11.3 Å². The molecule has 0 fully saturated rings. The van der Waals surface area contributed by atoms with Gasteiger partial charge in [-0.25, -0.2) is 0 Å². The number of benzene rings is 1. The topological polar surface area (TPSA) is 12.0 Å². The highest BCUT2D eigenvalue weighted by Gasteiger charge is 2.11. The van der Waals surface area contributed by atoms with Crippen LogP contribution in [0.3, 0.4) is 0 Å². The molecule has 0 amide bonds. The van der Waals surface area contributed by atoms with Gasteiger partial charge in [0.15, 0.2) is 0 Å². The lowest BCUT2D eigenvalue weighted by Crippen LogP contribution is -2.30. The second-order valence-electron chi connectivity index (χ2n) is 5.42. The maximum atomic E-state index is 3.69. The molecule has 0 saturated heterocycles. The lowest BCUT2D eigenvalue weighted by Gasteiger charge is -2.20. The first-order chi connectivity index (χ1) is 9.06. The zero-order valence-corrected chi connectivity index (χ0v) is 13.1. The number of rotatable bonds is 5. The molecule has 1 N–H and O–H groups in total. The molecule has 2 unspecified atom stereocenters. The van der Waals surface area contributed by atoms with Crippen molar-refractivity contribution in [2.75, 3.05) is 0 Å². The summed E-state index contributed by atoms with van der Waals surface area (Å²) in [5, 5.41) is 5.84. The first kappa shape index (κ1) is 14.3. The van der Waals surface area contributed by atoms with Crippen LogP contribution in [-0.4, -0.2) is 6.04 Å². The van der Waals surface area contributed by atoms with Crippen LogP contribution in [0.1, 0.15) is 41.5 Å². The average Bonchev–Trinajstić information content (AvgIpc) is 2.85. The van der Waals surface area contributed by atoms with Crippen molar-refractivity contribution in [3.8, 4) is 0 Å². The summed E-state index contributed by atoms with van der Waals surface area (Å²) in [6.07, 6.45) is 1.10. The molecular weight excluding hydrogens is 250 g/mol. The molecule has 2 aromatic rings. The Labute approximate surface area is 120 Å². The Morgan fingerprint density at radius 1 is 1.11 bits per heavy atom. The normalized spacial score (nSPS) is 14.3. The molecule has 2 rings (SSSR count). The molecule has 2 heteroatoms. The number of aryl methyl sites for hydroxylation is 2. The molecule has 1 aromatic heterocycles. The summed E-state index contributed by atoms with van der Waals surface area (Å²) < 4.78 is 0. The summed E-state index contributed by atoms with van der Waals surface area (Å²) in [6, 6.07) is 12.0. The summed E-state index contributed by atoms with van der Waals surface area (Å²) >= 11 is 1.84. The van der Waals surface area contributed by atoms with Crippen LogP contribution in [-0.2, 0) is 6.42 Å². The Hall–Kier alpha value is -1.12. The molecule has 0 saturated carbocycles. The first-order valence-corrected chi connectivity index (χ1v) is 7.80. The summed E-state index contributed by atoms with van der Waals surface area (Å²) in [5.74, 6) is 0. The molecule has 102 valence electrons. The van der Waals surface area contributed by atoms with E-state index < -0.39 is 0 Å². The van der Waals surface area contributed by atoms with Crippen molar-refractivity contribution in [2.24, 2.45) is 0 Å². The molecule has 0 spiro atoms. The average molecular weight is 273 g/mol. The number of hydrogen-bond acceptors (Lipinski definition) is 2. The highest BCUT2D eigenvalue weighted by Crippen LogP contribution is 2.18. The molecule has 1 heterocycles. The minimum atomic E-state index is 0.397. The van der Waals surface area contributed by atoms with E-state index in [1.165, 1.54) is 21.6 Å². The van der Waals surface area contributed by atoms with Gasteiger partial charge in [0.1, 0.15) is 0 Å². The fourth-order valence-electron chi connectivity index (χ4n) is 2.35. The SMILES string of the molecule is Cc1ccc(C(C)NC(C)Cc2cccs2)cc1C. The lowest BCUT2D eigenvalue weighted by atomic mass is 10.0. The summed E-state index contributed by atoms with van der Waals surface area (Å²) in [4.78, 5) is 1.45. The largest absolute Gasteiger partial charge is 0.307 e. The minimum absolute atomic E-state index is 0.397. The van der Waals surface area contributed by atoms with Crippen molar-refractivity contribution in [3.05, 3.63) is 57.3 Å². The number of thiophene rings is 1. The molecule has 0 aliphatic heterocycles. The quantitative estimate of drug-likeness (QED) is 0.836. The second kappa shape index (κ2) is 6.36. The fourth-order valence-corrected chi connectivity index (χ4v) is 3.18. The van der Waals surface area contributed by atoms with Crippen molar-refractivity contribution in [2.45, 2.75) is 46.2 Å². The Bertz CT molecular complexity index is 516. The van der Waals surface area contributed by atoms with Crippen molar-refractivity contribution < 1.29 is 0 Å². The van der Waals surface area contributed by atoms with E-state index in [0.29, 0.717) is 12.1 Å². The maximum absolute atomic E-state index is 3.69. The molecular formula is C17H23NS. The van der Waals surface area contributed by atoms with Gasteiger partial charge in [0.05, 0.1) is 0 Å². The zero-order chi connectivity index (χ0) is 13.8. The zero-order valence-electron chi connectivity index (χ0n) is 12.2. The van der Waals surface area contributed by atoms with E-state index >= 15 is 0 Å². The molecule has 19 heavy (non-hydrogen) atoms. The highest BCUT2D eigenvalue weighted by atomic mass is 32.1. The van der Waals surface area contributed by atoms with Crippen LogP contribution >= 0.6 is 11.3 Å². The van der Waals surface area contributed by atoms with E-state index in [1.54, 1.807) is 0 Å². The fraction of sp³-hybridized carbons (Fsp3) is 0.412.